The maximum Gasteiger partial charge on any atom is 0.0297 e. The fourth-order valence-electron chi connectivity index (χ4n) is 1.67. The van der Waals surface area contributed by atoms with Crippen molar-refractivity contribution in [3.8, 4) is 0 Å². The van der Waals surface area contributed by atoms with E-state index in [0.717, 1.165) is 30.3 Å². The van der Waals surface area contributed by atoms with Gasteiger partial charge < -0.3 is 11.5 Å². The summed E-state index contributed by atoms with van der Waals surface area (Å²) in [5.41, 5.74) is 14.1. The molecule has 0 amide bonds. The van der Waals surface area contributed by atoms with Gasteiger partial charge in [0.15, 0.2) is 0 Å². The van der Waals surface area contributed by atoms with Gasteiger partial charge >= 0.3 is 0 Å². The van der Waals surface area contributed by atoms with Crippen molar-refractivity contribution < 1.29 is 0 Å². The Morgan fingerprint density at radius 1 is 1.33 bits per heavy atom. The van der Waals surface area contributed by atoms with Crippen molar-refractivity contribution in [3.63, 3.8) is 0 Å². The lowest BCUT2D eigenvalue weighted by molar-refractivity contribution is 0.588. The summed E-state index contributed by atoms with van der Waals surface area (Å²) >= 11 is 3.47. The van der Waals surface area contributed by atoms with Crippen molar-refractivity contribution >= 4 is 15.9 Å². The topological polar surface area (TPSA) is 52.0 Å². The Balaban J connectivity index is 2.64. The van der Waals surface area contributed by atoms with E-state index < -0.39 is 0 Å². The fourth-order valence-corrected chi connectivity index (χ4v) is 2.05. The molecule has 15 heavy (non-hydrogen) atoms. The summed E-state index contributed by atoms with van der Waals surface area (Å²) in [6.07, 6.45) is 3.17. The summed E-state index contributed by atoms with van der Waals surface area (Å²) in [5.74, 6) is 0. The molecule has 0 radical (unpaired) electrons. The van der Waals surface area contributed by atoms with E-state index in [-0.39, 0.29) is 6.04 Å². The first kappa shape index (κ1) is 12.7. The van der Waals surface area contributed by atoms with Gasteiger partial charge in [0, 0.05) is 10.5 Å². The van der Waals surface area contributed by atoms with Gasteiger partial charge in [-0.05, 0) is 49.6 Å². The van der Waals surface area contributed by atoms with Gasteiger partial charge in [-0.3, -0.25) is 0 Å². The smallest absolute Gasteiger partial charge is 0.0297 e. The summed E-state index contributed by atoms with van der Waals surface area (Å²) in [5, 5.41) is 0. The number of hydrogen-bond donors (Lipinski definition) is 2. The molecular weight excluding hydrogens is 252 g/mol. The molecule has 3 heteroatoms. The lowest BCUT2D eigenvalue weighted by Gasteiger charge is -2.14. The van der Waals surface area contributed by atoms with E-state index >= 15 is 0 Å². The minimum absolute atomic E-state index is 0.133. The molecule has 0 aliphatic heterocycles. The molecule has 0 aliphatic carbocycles. The molecule has 0 bridgehead atoms. The number of unbranched alkanes of at least 4 members (excludes halogenated alkanes) is 1. The third-order valence-corrected chi connectivity index (χ3v) is 3.10. The minimum Gasteiger partial charge on any atom is -0.330 e. The summed E-state index contributed by atoms with van der Waals surface area (Å²) in [7, 11) is 0. The van der Waals surface area contributed by atoms with Crippen LogP contribution in [0.2, 0.25) is 0 Å². The number of aryl methyl sites for hydroxylation is 1. The van der Waals surface area contributed by atoms with Crippen LogP contribution in [0.3, 0.4) is 0 Å². The molecule has 0 fully saturated rings. The van der Waals surface area contributed by atoms with Crippen molar-refractivity contribution in [2.75, 3.05) is 6.54 Å². The van der Waals surface area contributed by atoms with E-state index in [2.05, 4.69) is 35.0 Å². The number of benzene rings is 1. The third kappa shape index (κ3) is 3.93. The summed E-state index contributed by atoms with van der Waals surface area (Å²) in [6, 6.07) is 6.39. The fraction of sp³-hybridized carbons (Fsp3) is 0.500. The van der Waals surface area contributed by atoms with E-state index in [9.17, 15) is 0 Å². The Labute approximate surface area is 100 Å². The standard InChI is InChI=1S/C12H19BrN2/c1-9-5-6-10(13)8-11(9)12(15)4-2-3-7-14/h5-6,8,12H,2-4,7,14-15H2,1H3/t12-/m0/s1. The number of rotatable bonds is 5. The van der Waals surface area contributed by atoms with Gasteiger partial charge in [0.1, 0.15) is 0 Å². The van der Waals surface area contributed by atoms with Crippen LogP contribution in [0.25, 0.3) is 0 Å². The molecular formula is C12H19BrN2. The summed E-state index contributed by atoms with van der Waals surface area (Å²) in [6.45, 7) is 2.86. The maximum absolute atomic E-state index is 6.14. The summed E-state index contributed by atoms with van der Waals surface area (Å²) < 4.78 is 1.09. The molecule has 0 saturated heterocycles. The van der Waals surface area contributed by atoms with Crippen molar-refractivity contribution in [1.29, 1.82) is 0 Å². The highest BCUT2D eigenvalue weighted by molar-refractivity contribution is 9.10. The first-order chi connectivity index (χ1) is 7.15. The first-order valence-corrected chi connectivity index (χ1v) is 6.16. The number of nitrogens with two attached hydrogens (primary N) is 2. The van der Waals surface area contributed by atoms with Crippen LogP contribution in [0.5, 0.6) is 0 Å². The van der Waals surface area contributed by atoms with Crippen LogP contribution in [-0.4, -0.2) is 6.54 Å². The van der Waals surface area contributed by atoms with E-state index in [4.69, 9.17) is 11.5 Å². The summed E-state index contributed by atoms with van der Waals surface area (Å²) in [4.78, 5) is 0. The molecule has 0 spiro atoms. The average Bonchev–Trinajstić information content (AvgIpc) is 2.22. The molecule has 2 nitrogen and oxygen atoms in total. The quantitative estimate of drug-likeness (QED) is 0.809. The predicted octanol–water partition coefficient (Wildman–Crippen LogP) is 2.89. The second-order valence-electron chi connectivity index (χ2n) is 3.89. The second-order valence-corrected chi connectivity index (χ2v) is 4.81. The molecule has 1 rings (SSSR count). The Morgan fingerprint density at radius 2 is 2.07 bits per heavy atom. The van der Waals surface area contributed by atoms with Crippen LogP contribution in [0.15, 0.2) is 22.7 Å². The van der Waals surface area contributed by atoms with Crippen LogP contribution >= 0.6 is 15.9 Å². The van der Waals surface area contributed by atoms with Gasteiger partial charge in [-0.25, -0.2) is 0 Å². The van der Waals surface area contributed by atoms with Crippen LogP contribution in [0, 0.1) is 6.92 Å². The SMILES string of the molecule is Cc1ccc(Br)cc1[C@@H](N)CCCCN. The van der Waals surface area contributed by atoms with Gasteiger partial charge in [-0.2, -0.15) is 0 Å². The highest BCUT2D eigenvalue weighted by Gasteiger charge is 2.08. The third-order valence-electron chi connectivity index (χ3n) is 2.61. The molecule has 1 aromatic rings. The number of halogens is 1. The van der Waals surface area contributed by atoms with Crippen molar-refractivity contribution in [2.45, 2.75) is 32.2 Å². The van der Waals surface area contributed by atoms with E-state index in [0.29, 0.717) is 0 Å². The van der Waals surface area contributed by atoms with Gasteiger partial charge in [0.2, 0.25) is 0 Å². The van der Waals surface area contributed by atoms with Crippen LogP contribution in [-0.2, 0) is 0 Å². The van der Waals surface area contributed by atoms with Crippen molar-refractivity contribution in [1.82, 2.24) is 0 Å². The molecule has 0 aliphatic rings. The van der Waals surface area contributed by atoms with E-state index in [1.807, 2.05) is 6.07 Å². The van der Waals surface area contributed by atoms with E-state index in [1.54, 1.807) is 0 Å². The molecule has 4 N–H and O–H groups in total. The molecule has 1 atom stereocenters. The highest BCUT2D eigenvalue weighted by Crippen LogP contribution is 2.23. The van der Waals surface area contributed by atoms with Crippen LogP contribution in [0.4, 0.5) is 0 Å². The van der Waals surface area contributed by atoms with Crippen LogP contribution in [0.1, 0.15) is 36.4 Å². The lowest BCUT2D eigenvalue weighted by Crippen LogP contribution is -2.12. The second kappa shape index (κ2) is 6.26. The zero-order chi connectivity index (χ0) is 11.3. The van der Waals surface area contributed by atoms with Crippen molar-refractivity contribution in [3.05, 3.63) is 33.8 Å². The first-order valence-electron chi connectivity index (χ1n) is 5.37. The Bertz CT molecular complexity index is 312. The maximum atomic E-state index is 6.14. The average molecular weight is 271 g/mol. The molecule has 0 heterocycles. The van der Waals surface area contributed by atoms with E-state index in [1.165, 1.54) is 11.1 Å². The molecule has 1 aromatic carbocycles. The number of hydrogen-bond acceptors (Lipinski definition) is 2. The largest absolute Gasteiger partial charge is 0.330 e. The monoisotopic (exact) mass is 270 g/mol. The minimum atomic E-state index is 0.133. The zero-order valence-electron chi connectivity index (χ0n) is 9.17. The molecule has 0 unspecified atom stereocenters. The molecule has 0 aromatic heterocycles. The predicted molar refractivity (Wildman–Crippen MR) is 68.7 cm³/mol. The zero-order valence-corrected chi connectivity index (χ0v) is 10.8. The van der Waals surface area contributed by atoms with Crippen molar-refractivity contribution in [2.24, 2.45) is 11.5 Å². The normalized spacial score (nSPS) is 12.8. The van der Waals surface area contributed by atoms with Gasteiger partial charge in [-0.1, -0.05) is 28.4 Å². The van der Waals surface area contributed by atoms with Gasteiger partial charge in [0.05, 0.1) is 0 Å². The lowest BCUT2D eigenvalue weighted by atomic mass is 9.98. The molecule has 84 valence electrons. The molecule has 0 saturated carbocycles. The Hall–Kier alpha value is -0.380. The van der Waals surface area contributed by atoms with Gasteiger partial charge in [0.25, 0.3) is 0 Å². The highest BCUT2D eigenvalue weighted by atomic mass is 79.9. The Kier molecular flexibility index (Phi) is 5.29. The Morgan fingerprint density at radius 3 is 2.73 bits per heavy atom. The van der Waals surface area contributed by atoms with Gasteiger partial charge in [-0.15, -0.1) is 0 Å². The van der Waals surface area contributed by atoms with Crippen LogP contribution < -0.4 is 11.5 Å².